The highest BCUT2D eigenvalue weighted by Crippen LogP contribution is 2.54. The Balaban J connectivity index is 1.37. The summed E-state index contributed by atoms with van der Waals surface area (Å²) in [5.41, 5.74) is 6.33. The van der Waals surface area contributed by atoms with E-state index in [9.17, 15) is 9.59 Å². The summed E-state index contributed by atoms with van der Waals surface area (Å²) in [6.45, 7) is 3.17. The highest BCUT2D eigenvalue weighted by atomic mass is 35.5. The van der Waals surface area contributed by atoms with Crippen LogP contribution >= 0.6 is 23.2 Å². The molecule has 3 N–H and O–H groups in total. The summed E-state index contributed by atoms with van der Waals surface area (Å²) in [4.78, 5) is 28.6. The van der Waals surface area contributed by atoms with Crippen molar-refractivity contribution in [2.24, 2.45) is 17.6 Å². The van der Waals surface area contributed by atoms with Gasteiger partial charge in [-0.25, -0.2) is 9.07 Å². The molecule has 222 valence electrons. The number of amides is 2. The van der Waals surface area contributed by atoms with E-state index in [1.807, 2.05) is 6.92 Å². The second-order valence-corrected chi connectivity index (χ2v) is 12.8. The molecule has 8 nitrogen and oxygen atoms in total. The van der Waals surface area contributed by atoms with Crippen LogP contribution in [0.15, 0.2) is 60.7 Å². The van der Waals surface area contributed by atoms with Gasteiger partial charge in [-0.15, -0.1) is 0 Å². The van der Waals surface area contributed by atoms with Gasteiger partial charge in [-0.3, -0.25) is 14.5 Å². The maximum Gasteiger partial charge on any atom is 0.248 e. The van der Waals surface area contributed by atoms with Crippen molar-refractivity contribution in [2.45, 2.75) is 43.8 Å². The molecule has 3 aliphatic rings. The largest absolute Gasteiger partial charge is 0.476 e. The predicted octanol–water partition coefficient (Wildman–Crippen LogP) is 5.87. The van der Waals surface area contributed by atoms with Crippen molar-refractivity contribution in [3.63, 3.8) is 0 Å². The lowest BCUT2D eigenvalue weighted by Gasteiger charge is -2.40. The van der Waals surface area contributed by atoms with Gasteiger partial charge in [0.2, 0.25) is 17.7 Å². The number of fused-ring (bicyclic) bond motifs is 4. The average molecular weight is 623 g/mol. The summed E-state index contributed by atoms with van der Waals surface area (Å²) < 4.78 is 24.2. The first-order valence-corrected chi connectivity index (χ1v) is 15.1. The van der Waals surface area contributed by atoms with E-state index in [2.05, 4.69) is 10.2 Å². The zero-order valence-corrected chi connectivity index (χ0v) is 24.9. The number of rotatable bonds is 6. The molecule has 1 saturated carbocycles. The number of likely N-dealkylation sites (tertiary alicyclic amines) is 1. The summed E-state index contributed by atoms with van der Waals surface area (Å²) in [7, 11) is 0. The molecular formula is C32H30Cl2FN5O3. The van der Waals surface area contributed by atoms with Crippen molar-refractivity contribution >= 4 is 51.6 Å². The van der Waals surface area contributed by atoms with Gasteiger partial charge in [-0.2, -0.15) is 5.10 Å². The van der Waals surface area contributed by atoms with Gasteiger partial charge in [-0.05, 0) is 73.7 Å². The number of nitrogens with two attached hydrogens (primary N) is 1. The number of hydrogen-bond donors (Lipinski definition) is 2. The molecule has 3 heterocycles. The minimum atomic E-state index is -1.17. The van der Waals surface area contributed by atoms with Crippen LogP contribution in [0, 0.1) is 17.7 Å². The lowest BCUT2D eigenvalue weighted by molar-refractivity contribution is -0.127. The zero-order valence-electron chi connectivity index (χ0n) is 23.4. The SMILES string of the molecule is C[C@]1(C(=O)Nc2cccc(Cl)c2)[C@@H](c2cccc(Cl)c2F)[C@@H]2Cn3nc4ccc(C(N)=O)cc4c3OC[C@@H]2N1CC1CC1. The first kappa shape index (κ1) is 28.1. The van der Waals surface area contributed by atoms with Crippen LogP contribution in [-0.2, 0) is 11.3 Å². The molecule has 2 amide bonds. The number of nitrogens with zero attached hydrogens (tertiary/aromatic N) is 3. The Labute approximate surface area is 257 Å². The van der Waals surface area contributed by atoms with E-state index in [0.29, 0.717) is 57.6 Å². The molecule has 4 atom stereocenters. The Bertz CT molecular complexity index is 1780. The molecule has 3 aromatic carbocycles. The molecule has 1 aliphatic carbocycles. The topological polar surface area (TPSA) is 102 Å². The minimum Gasteiger partial charge on any atom is -0.476 e. The lowest BCUT2D eigenvalue weighted by atomic mass is 9.74. The first-order valence-electron chi connectivity index (χ1n) is 14.4. The molecule has 1 aromatic heterocycles. The number of nitrogens with one attached hydrogen (secondary N) is 1. The predicted molar refractivity (Wildman–Crippen MR) is 163 cm³/mol. The quantitative estimate of drug-likeness (QED) is 0.280. The van der Waals surface area contributed by atoms with E-state index in [4.69, 9.17) is 38.8 Å². The molecule has 11 heteroatoms. The van der Waals surface area contributed by atoms with Crippen LogP contribution < -0.4 is 15.8 Å². The molecule has 0 radical (unpaired) electrons. The summed E-state index contributed by atoms with van der Waals surface area (Å²) >= 11 is 12.6. The fraction of sp³-hybridized carbons (Fsp3) is 0.344. The Kier molecular flexibility index (Phi) is 6.87. The van der Waals surface area contributed by atoms with E-state index in [1.54, 1.807) is 59.3 Å². The van der Waals surface area contributed by atoms with Gasteiger partial charge in [-0.1, -0.05) is 41.4 Å². The van der Waals surface area contributed by atoms with Crippen molar-refractivity contribution in [3.8, 4) is 5.88 Å². The monoisotopic (exact) mass is 621 g/mol. The van der Waals surface area contributed by atoms with Crippen LogP contribution in [0.3, 0.4) is 0 Å². The number of ether oxygens (including phenoxy) is 1. The Morgan fingerprint density at radius 1 is 1.14 bits per heavy atom. The van der Waals surface area contributed by atoms with Crippen LogP contribution in [0.5, 0.6) is 5.88 Å². The molecule has 7 rings (SSSR count). The third-order valence-corrected chi connectivity index (χ3v) is 9.81. The van der Waals surface area contributed by atoms with Crippen molar-refractivity contribution < 1.29 is 18.7 Å². The molecule has 2 fully saturated rings. The van der Waals surface area contributed by atoms with Gasteiger partial charge in [0.15, 0.2) is 0 Å². The summed E-state index contributed by atoms with van der Waals surface area (Å²) in [6, 6.07) is 16.8. The van der Waals surface area contributed by atoms with Crippen LogP contribution in [0.4, 0.5) is 10.1 Å². The molecule has 0 bridgehead atoms. The molecule has 2 aliphatic heterocycles. The van der Waals surface area contributed by atoms with E-state index >= 15 is 4.39 Å². The smallest absolute Gasteiger partial charge is 0.248 e. The zero-order chi connectivity index (χ0) is 30.0. The summed E-state index contributed by atoms with van der Waals surface area (Å²) in [5, 5.41) is 9.05. The molecular weight excluding hydrogens is 592 g/mol. The number of hydrogen-bond acceptors (Lipinski definition) is 5. The van der Waals surface area contributed by atoms with E-state index < -0.39 is 23.2 Å². The number of aromatic nitrogens is 2. The van der Waals surface area contributed by atoms with Gasteiger partial charge in [0.05, 0.1) is 22.0 Å². The summed E-state index contributed by atoms with van der Waals surface area (Å²) in [6.07, 6.45) is 2.14. The Hall–Kier alpha value is -3.66. The second kappa shape index (κ2) is 10.5. The van der Waals surface area contributed by atoms with E-state index in [0.717, 1.165) is 12.8 Å². The normalized spacial score (nSPS) is 25.1. The van der Waals surface area contributed by atoms with Crippen LogP contribution in [0.25, 0.3) is 10.9 Å². The van der Waals surface area contributed by atoms with Crippen LogP contribution in [-0.4, -0.2) is 51.2 Å². The van der Waals surface area contributed by atoms with Crippen LogP contribution in [0.2, 0.25) is 10.0 Å². The molecule has 4 aromatic rings. The maximum atomic E-state index is 16.0. The molecule has 1 saturated heterocycles. The number of anilines is 1. The minimum absolute atomic E-state index is 0.00154. The number of carbonyl (C=O) groups excluding carboxylic acids is 2. The highest BCUT2D eigenvalue weighted by Gasteiger charge is 2.62. The first-order chi connectivity index (χ1) is 20.6. The standard InChI is InChI=1S/C32H30Cl2FN5O3/c1-32(31(42)37-20-5-2-4-19(33)13-20)27(21-6-3-7-24(34)28(21)35)23-15-40-30(43-16-26(23)39(32)14-17-8-9-17)22-12-18(29(36)41)10-11-25(22)38-40/h2-7,10-13,17,23,26-27H,8-9,14-16H2,1H3,(H2,36,41)(H,37,42)/t23-,26+,27+,32-/m1/s1. The van der Waals surface area contributed by atoms with Crippen molar-refractivity contribution in [3.05, 3.63) is 87.7 Å². The maximum absolute atomic E-state index is 16.0. The fourth-order valence-corrected chi connectivity index (χ4v) is 7.40. The third-order valence-electron chi connectivity index (χ3n) is 9.28. The van der Waals surface area contributed by atoms with Gasteiger partial charge in [0.1, 0.15) is 18.0 Å². The van der Waals surface area contributed by atoms with Gasteiger partial charge in [0.25, 0.3) is 0 Å². The van der Waals surface area contributed by atoms with Crippen molar-refractivity contribution in [1.29, 1.82) is 0 Å². The molecule has 0 spiro atoms. The number of benzene rings is 3. The number of carbonyl (C=O) groups is 2. The Morgan fingerprint density at radius 2 is 1.93 bits per heavy atom. The fourth-order valence-electron chi connectivity index (χ4n) is 7.03. The van der Waals surface area contributed by atoms with Gasteiger partial charge < -0.3 is 15.8 Å². The summed E-state index contributed by atoms with van der Waals surface area (Å²) in [5.74, 6) is -1.25. The van der Waals surface area contributed by atoms with Gasteiger partial charge in [0, 0.05) is 41.2 Å². The molecule has 0 unspecified atom stereocenters. The average Bonchev–Trinajstić information content (AvgIpc) is 3.72. The second-order valence-electron chi connectivity index (χ2n) is 12.0. The highest BCUT2D eigenvalue weighted by molar-refractivity contribution is 6.31. The van der Waals surface area contributed by atoms with Gasteiger partial charge >= 0.3 is 0 Å². The Morgan fingerprint density at radius 3 is 2.67 bits per heavy atom. The van der Waals surface area contributed by atoms with Crippen LogP contribution in [0.1, 0.15) is 41.6 Å². The number of primary amides is 1. The van der Waals surface area contributed by atoms with Crippen molar-refractivity contribution in [1.82, 2.24) is 14.7 Å². The third kappa shape index (κ3) is 4.74. The van der Waals surface area contributed by atoms with Crippen molar-refractivity contribution in [2.75, 3.05) is 18.5 Å². The van der Waals surface area contributed by atoms with E-state index in [-0.39, 0.29) is 29.5 Å². The number of halogens is 3. The van der Waals surface area contributed by atoms with E-state index in [1.165, 1.54) is 6.07 Å². The molecule has 43 heavy (non-hydrogen) atoms. The lowest BCUT2D eigenvalue weighted by Crippen LogP contribution is -2.57.